The number of benzene rings is 1. The average molecular weight is 353 g/mol. The Labute approximate surface area is 150 Å². The molecule has 1 aliphatic carbocycles. The number of hydrogen-bond acceptors (Lipinski definition) is 4. The Morgan fingerprint density at radius 3 is 2.88 bits per heavy atom. The number of rotatable bonds is 5. The molecule has 1 saturated carbocycles. The van der Waals surface area contributed by atoms with Crippen LogP contribution >= 0.6 is 0 Å². The van der Waals surface area contributed by atoms with Gasteiger partial charge in [0.2, 0.25) is 5.91 Å². The van der Waals surface area contributed by atoms with E-state index in [4.69, 9.17) is 4.42 Å². The highest BCUT2D eigenvalue weighted by Gasteiger charge is 2.34. The standard InChI is InChI=1S/C20H20FN3O2/c1-12-2-4-18(26-12)11-22-16-8-14(9-16)20(25)24-17-7-13-6-15(21)3-5-19(13)23-10-17/h2-7,10,14,16,22H,8-9,11H2,1H3,(H,24,25). The molecule has 0 spiro atoms. The van der Waals surface area contributed by atoms with Gasteiger partial charge in [-0.3, -0.25) is 9.78 Å². The molecule has 4 rings (SSSR count). The molecular weight excluding hydrogens is 333 g/mol. The number of carbonyl (C=O) groups excluding carboxylic acids is 1. The summed E-state index contributed by atoms with van der Waals surface area (Å²) in [5.41, 5.74) is 1.29. The van der Waals surface area contributed by atoms with Crippen molar-refractivity contribution in [1.82, 2.24) is 10.3 Å². The lowest BCUT2D eigenvalue weighted by atomic mass is 9.79. The maximum atomic E-state index is 13.3. The van der Waals surface area contributed by atoms with E-state index in [1.165, 1.54) is 12.1 Å². The summed E-state index contributed by atoms with van der Waals surface area (Å²) >= 11 is 0. The summed E-state index contributed by atoms with van der Waals surface area (Å²) in [5.74, 6) is 1.45. The van der Waals surface area contributed by atoms with E-state index in [0.717, 1.165) is 24.4 Å². The van der Waals surface area contributed by atoms with E-state index in [1.54, 1.807) is 18.3 Å². The predicted molar refractivity (Wildman–Crippen MR) is 97.1 cm³/mol. The van der Waals surface area contributed by atoms with E-state index in [9.17, 15) is 9.18 Å². The minimum atomic E-state index is -0.317. The topological polar surface area (TPSA) is 67.2 Å². The second-order valence-corrected chi connectivity index (χ2v) is 6.81. The zero-order valence-corrected chi connectivity index (χ0v) is 14.5. The Morgan fingerprint density at radius 1 is 1.27 bits per heavy atom. The second-order valence-electron chi connectivity index (χ2n) is 6.81. The van der Waals surface area contributed by atoms with Gasteiger partial charge in [-0.25, -0.2) is 4.39 Å². The molecule has 6 heteroatoms. The van der Waals surface area contributed by atoms with E-state index < -0.39 is 0 Å². The molecule has 0 radical (unpaired) electrons. The lowest BCUT2D eigenvalue weighted by Crippen LogP contribution is -2.45. The zero-order valence-electron chi connectivity index (χ0n) is 14.5. The van der Waals surface area contributed by atoms with Crippen LogP contribution in [0, 0.1) is 18.7 Å². The third kappa shape index (κ3) is 3.60. The first kappa shape index (κ1) is 16.7. The molecule has 1 aliphatic rings. The van der Waals surface area contributed by atoms with Gasteiger partial charge in [0.05, 0.1) is 23.9 Å². The Balaban J connectivity index is 1.29. The lowest BCUT2D eigenvalue weighted by Gasteiger charge is -2.34. The largest absolute Gasteiger partial charge is 0.465 e. The van der Waals surface area contributed by atoms with E-state index in [1.807, 2.05) is 19.1 Å². The minimum Gasteiger partial charge on any atom is -0.465 e. The van der Waals surface area contributed by atoms with Crippen molar-refractivity contribution >= 4 is 22.5 Å². The number of amides is 1. The van der Waals surface area contributed by atoms with Gasteiger partial charge in [-0.1, -0.05) is 0 Å². The van der Waals surface area contributed by atoms with Gasteiger partial charge >= 0.3 is 0 Å². The molecule has 2 aromatic heterocycles. The highest BCUT2D eigenvalue weighted by Crippen LogP contribution is 2.29. The van der Waals surface area contributed by atoms with Crippen molar-refractivity contribution in [2.45, 2.75) is 32.4 Å². The molecule has 3 aromatic rings. The number of halogens is 1. The first-order valence-electron chi connectivity index (χ1n) is 8.72. The monoisotopic (exact) mass is 353 g/mol. The van der Waals surface area contributed by atoms with Crippen LogP contribution in [0.1, 0.15) is 24.4 Å². The quantitative estimate of drug-likeness (QED) is 0.732. The van der Waals surface area contributed by atoms with Gasteiger partial charge in [-0.15, -0.1) is 0 Å². The molecule has 0 unspecified atom stereocenters. The molecule has 1 fully saturated rings. The molecule has 134 valence electrons. The summed E-state index contributed by atoms with van der Waals surface area (Å²) in [6, 6.07) is 10.4. The maximum Gasteiger partial charge on any atom is 0.227 e. The minimum absolute atomic E-state index is 0.0190. The third-order valence-electron chi connectivity index (χ3n) is 4.78. The van der Waals surface area contributed by atoms with Crippen LogP contribution in [0.15, 0.2) is 47.0 Å². The molecule has 0 bridgehead atoms. The summed E-state index contributed by atoms with van der Waals surface area (Å²) in [6.45, 7) is 2.59. The number of hydrogen-bond donors (Lipinski definition) is 2. The number of nitrogens with zero attached hydrogens (tertiary/aromatic N) is 1. The van der Waals surface area contributed by atoms with Crippen LogP contribution in [0.4, 0.5) is 10.1 Å². The number of carbonyl (C=O) groups is 1. The number of pyridine rings is 1. The van der Waals surface area contributed by atoms with Crippen molar-refractivity contribution in [3.05, 3.63) is 59.9 Å². The molecule has 2 heterocycles. The Kier molecular flexibility index (Phi) is 4.42. The highest BCUT2D eigenvalue weighted by atomic mass is 19.1. The predicted octanol–water partition coefficient (Wildman–Crippen LogP) is 3.78. The van der Waals surface area contributed by atoms with E-state index in [2.05, 4.69) is 15.6 Å². The van der Waals surface area contributed by atoms with E-state index >= 15 is 0 Å². The van der Waals surface area contributed by atoms with Crippen molar-refractivity contribution in [2.24, 2.45) is 5.92 Å². The summed E-state index contributed by atoms with van der Waals surface area (Å²) in [6.07, 6.45) is 3.19. The van der Waals surface area contributed by atoms with Crippen LogP contribution in [0.2, 0.25) is 0 Å². The molecule has 1 amide bonds. The van der Waals surface area contributed by atoms with Crippen LogP contribution in [-0.4, -0.2) is 16.9 Å². The SMILES string of the molecule is Cc1ccc(CNC2CC(C(=O)Nc3cnc4ccc(F)cc4c3)C2)o1. The van der Waals surface area contributed by atoms with E-state index in [-0.39, 0.29) is 17.6 Å². The molecule has 0 saturated heterocycles. The molecule has 0 atom stereocenters. The maximum absolute atomic E-state index is 13.3. The van der Waals surface area contributed by atoms with Crippen molar-refractivity contribution in [2.75, 3.05) is 5.32 Å². The zero-order chi connectivity index (χ0) is 18.1. The average Bonchev–Trinajstić information content (AvgIpc) is 2.98. The summed E-state index contributed by atoms with van der Waals surface area (Å²) < 4.78 is 18.9. The number of furan rings is 1. The van der Waals surface area contributed by atoms with Gasteiger partial charge in [0.15, 0.2) is 0 Å². The van der Waals surface area contributed by atoms with Crippen molar-refractivity contribution in [3.63, 3.8) is 0 Å². The fourth-order valence-corrected chi connectivity index (χ4v) is 3.24. The van der Waals surface area contributed by atoms with Gasteiger partial charge in [0, 0.05) is 17.3 Å². The normalized spacial score (nSPS) is 19.3. The van der Waals surface area contributed by atoms with Crippen molar-refractivity contribution in [3.8, 4) is 0 Å². The van der Waals surface area contributed by atoms with Crippen LogP contribution in [0.5, 0.6) is 0 Å². The molecule has 2 N–H and O–H groups in total. The molecular formula is C20H20FN3O2. The number of aromatic nitrogens is 1. The molecule has 1 aromatic carbocycles. The molecule has 5 nitrogen and oxygen atoms in total. The number of nitrogens with one attached hydrogen (secondary N) is 2. The van der Waals surface area contributed by atoms with Crippen LogP contribution in [-0.2, 0) is 11.3 Å². The van der Waals surface area contributed by atoms with Gasteiger partial charge < -0.3 is 15.1 Å². The first-order chi connectivity index (χ1) is 12.6. The summed E-state index contributed by atoms with van der Waals surface area (Å²) in [4.78, 5) is 16.6. The van der Waals surface area contributed by atoms with E-state index in [0.29, 0.717) is 29.2 Å². The van der Waals surface area contributed by atoms with Crippen molar-refractivity contribution in [1.29, 1.82) is 0 Å². The number of anilines is 1. The van der Waals surface area contributed by atoms with Gasteiger partial charge in [-0.2, -0.15) is 0 Å². The van der Waals surface area contributed by atoms with Gasteiger partial charge in [0.25, 0.3) is 0 Å². The highest BCUT2D eigenvalue weighted by molar-refractivity contribution is 5.95. The number of fused-ring (bicyclic) bond motifs is 1. The summed E-state index contributed by atoms with van der Waals surface area (Å²) in [5, 5.41) is 6.95. The van der Waals surface area contributed by atoms with Crippen molar-refractivity contribution < 1.29 is 13.6 Å². The molecule has 0 aliphatic heterocycles. The smallest absolute Gasteiger partial charge is 0.227 e. The lowest BCUT2D eigenvalue weighted by molar-refractivity contribution is -0.122. The van der Waals surface area contributed by atoms with Gasteiger partial charge in [0.1, 0.15) is 17.3 Å². The fourth-order valence-electron chi connectivity index (χ4n) is 3.24. The Bertz CT molecular complexity index is 947. The van der Waals surface area contributed by atoms with Crippen LogP contribution in [0.25, 0.3) is 10.9 Å². The fraction of sp³-hybridized carbons (Fsp3) is 0.300. The first-order valence-corrected chi connectivity index (χ1v) is 8.72. The number of aryl methyl sites for hydroxylation is 1. The Hall–Kier alpha value is -2.73. The van der Waals surface area contributed by atoms with Crippen LogP contribution < -0.4 is 10.6 Å². The van der Waals surface area contributed by atoms with Crippen LogP contribution in [0.3, 0.4) is 0 Å². The third-order valence-corrected chi connectivity index (χ3v) is 4.78. The molecule has 26 heavy (non-hydrogen) atoms. The second kappa shape index (κ2) is 6.88. The summed E-state index contributed by atoms with van der Waals surface area (Å²) in [7, 11) is 0. The van der Waals surface area contributed by atoms with Gasteiger partial charge in [-0.05, 0) is 56.2 Å². The Morgan fingerprint density at radius 2 is 2.12 bits per heavy atom.